The van der Waals surface area contributed by atoms with Gasteiger partial charge in [0.1, 0.15) is 5.75 Å². The lowest BCUT2D eigenvalue weighted by Crippen LogP contribution is -1.94. The number of aliphatic imine (C=N–C) groups is 1. The number of methoxy groups -OCH3 is 1. The van der Waals surface area contributed by atoms with Crippen molar-refractivity contribution in [1.29, 1.82) is 0 Å². The van der Waals surface area contributed by atoms with Gasteiger partial charge in [0.15, 0.2) is 0 Å². The first kappa shape index (κ1) is 13.3. The second-order valence-electron chi connectivity index (χ2n) is 4.39. The molecule has 98 valence electrons. The van der Waals surface area contributed by atoms with Crippen molar-refractivity contribution in [2.24, 2.45) is 4.99 Å². The largest absolute Gasteiger partial charge is 0.497 e. The first-order valence-corrected chi connectivity index (χ1v) is 6.55. The van der Waals surface area contributed by atoms with E-state index in [-0.39, 0.29) is 6.04 Å². The van der Waals surface area contributed by atoms with Gasteiger partial charge in [-0.3, -0.25) is 4.99 Å². The molecule has 0 spiro atoms. The number of benzene rings is 2. The molecule has 0 saturated heterocycles. The van der Waals surface area contributed by atoms with Crippen LogP contribution in [0.4, 0.5) is 0 Å². The van der Waals surface area contributed by atoms with Gasteiger partial charge in [0.2, 0.25) is 0 Å². The first-order valence-electron chi connectivity index (χ1n) is 6.55. The van der Waals surface area contributed by atoms with E-state index < -0.39 is 0 Å². The van der Waals surface area contributed by atoms with Gasteiger partial charge in [-0.25, -0.2) is 0 Å². The van der Waals surface area contributed by atoms with Crippen molar-refractivity contribution >= 4 is 6.21 Å². The van der Waals surface area contributed by atoms with Crippen molar-refractivity contribution in [3.8, 4) is 5.75 Å². The van der Waals surface area contributed by atoms with E-state index in [0.29, 0.717) is 0 Å². The molecule has 0 bridgehead atoms. The first-order chi connectivity index (χ1) is 9.33. The van der Waals surface area contributed by atoms with E-state index in [1.54, 1.807) is 7.11 Å². The van der Waals surface area contributed by atoms with Crippen LogP contribution in [0, 0.1) is 0 Å². The van der Waals surface area contributed by atoms with Gasteiger partial charge in [-0.2, -0.15) is 0 Å². The Hall–Kier alpha value is -2.09. The maximum absolute atomic E-state index is 5.14. The fraction of sp³-hybridized carbons (Fsp3) is 0.235. The van der Waals surface area contributed by atoms with Crippen LogP contribution in [0.3, 0.4) is 0 Å². The standard InChI is InChI=1S/C17H19NO/c1-3-17(15-7-5-4-6-8-15)18-13-14-9-11-16(19-2)12-10-14/h4-13,17H,3H2,1-2H3/t17-/m1/s1. The van der Waals surface area contributed by atoms with E-state index in [0.717, 1.165) is 17.7 Å². The summed E-state index contributed by atoms with van der Waals surface area (Å²) >= 11 is 0. The highest BCUT2D eigenvalue weighted by Gasteiger charge is 2.05. The summed E-state index contributed by atoms with van der Waals surface area (Å²) in [6.45, 7) is 2.16. The van der Waals surface area contributed by atoms with Gasteiger partial charge in [-0.1, -0.05) is 37.3 Å². The molecule has 1 atom stereocenters. The number of nitrogens with zero attached hydrogens (tertiary/aromatic N) is 1. The van der Waals surface area contributed by atoms with Gasteiger partial charge < -0.3 is 4.74 Å². The van der Waals surface area contributed by atoms with Crippen molar-refractivity contribution in [3.05, 3.63) is 65.7 Å². The molecular weight excluding hydrogens is 234 g/mol. The van der Waals surface area contributed by atoms with E-state index in [1.807, 2.05) is 36.5 Å². The van der Waals surface area contributed by atoms with Gasteiger partial charge in [-0.05, 0) is 41.8 Å². The van der Waals surface area contributed by atoms with E-state index in [2.05, 4.69) is 36.2 Å². The molecule has 0 fully saturated rings. The summed E-state index contributed by atoms with van der Waals surface area (Å²) in [5, 5.41) is 0. The number of hydrogen-bond donors (Lipinski definition) is 0. The quantitative estimate of drug-likeness (QED) is 0.729. The Morgan fingerprint density at radius 3 is 2.32 bits per heavy atom. The normalized spacial score (nSPS) is 12.5. The smallest absolute Gasteiger partial charge is 0.118 e. The van der Waals surface area contributed by atoms with Crippen molar-refractivity contribution < 1.29 is 4.74 Å². The zero-order valence-electron chi connectivity index (χ0n) is 11.4. The molecule has 2 aromatic rings. The SMILES string of the molecule is CC[C@@H](N=Cc1ccc(OC)cc1)c1ccccc1. The molecule has 2 nitrogen and oxygen atoms in total. The summed E-state index contributed by atoms with van der Waals surface area (Å²) in [5.74, 6) is 0.868. The van der Waals surface area contributed by atoms with Gasteiger partial charge >= 0.3 is 0 Å². The van der Waals surface area contributed by atoms with Crippen LogP contribution in [0.1, 0.15) is 30.5 Å². The van der Waals surface area contributed by atoms with Crippen LogP contribution in [0.2, 0.25) is 0 Å². The summed E-state index contributed by atoms with van der Waals surface area (Å²) in [5.41, 5.74) is 2.35. The van der Waals surface area contributed by atoms with Gasteiger partial charge in [0, 0.05) is 6.21 Å². The lowest BCUT2D eigenvalue weighted by molar-refractivity contribution is 0.415. The monoisotopic (exact) mass is 253 g/mol. The molecule has 19 heavy (non-hydrogen) atoms. The van der Waals surface area contributed by atoms with E-state index >= 15 is 0 Å². The third-order valence-electron chi connectivity index (χ3n) is 3.09. The third kappa shape index (κ3) is 3.68. The Bertz CT molecular complexity index is 517. The predicted octanol–water partition coefficient (Wildman–Crippen LogP) is 4.27. The van der Waals surface area contributed by atoms with Crippen molar-refractivity contribution in [2.45, 2.75) is 19.4 Å². The van der Waals surface area contributed by atoms with Gasteiger partial charge in [0.05, 0.1) is 13.2 Å². The molecule has 0 aliphatic rings. The Balaban J connectivity index is 2.11. The second kappa shape index (κ2) is 6.74. The minimum absolute atomic E-state index is 0.225. The fourth-order valence-electron chi connectivity index (χ4n) is 1.97. The summed E-state index contributed by atoms with van der Waals surface area (Å²) in [6.07, 6.45) is 2.93. The highest BCUT2D eigenvalue weighted by molar-refractivity contribution is 5.80. The molecule has 2 heteroatoms. The zero-order chi connectivity index (χ0) is 13.5. The molecule has 2 aromatic carbocycles. The maximum atomic E-state index is 5.14. The molecule has 0 aliphatic heterocycles. The fourth-order valence-corrected chi connectivity index (χ4v) is 1.97. The van der Waals surface area contributed by atoms with Gasteiger partial charge in [-0.15, -0.1) is 0 Å². The highest BCUT2D eigenvalue weighted by Crippen LogP contribution is 2.20. The van der Waals surface area contributed by atoms with E-state index in [1.165, 1.54) is 5.56 Å². The minimum atomic E-state index is 0.225. The van der Waals surface area contributed by atoms with Crippen molar-refractivity contribution in [1.82, 2.24) is 0 Å². The highest BCUT2D eigenvalue weighted by atomic mass is 16.5. The van der Waals surface area contributed by atoms with Gasteiger partial charge in [0.25, 0.3) is 0 Å². The molecule has 0 unspecified atom stereocenters. The Labute approximate surface area is 114 Å². The number of ether oxygens (including phenoxy) is 1. The predicted molar refractivity (Wildman–Crippen MR) is 80.1 cm³/mol. The Morgan fingerprint density at radius 1 is 1.05 bits per heavy atom. The summed E-state index contributed by atoms with van der Waals surface area (Å²) < 4.78 is 5.14. The molecule has 0 heterocycles. The van der Waals surface area contributed by atoms with Crippen LogP contribution in [0.25, 0.3) is 0 Å². The third-order valence-corrected chi connectivity index (χ3v) is 3.09. The molecule has 0 radical (unpaired) electrons. The Morgan fingerprint density at radius 2 is 1.74 bits per heavy atom. The topological polar surface area (TPSA) is 21.6 Å². The van der Waals surface area contributed by atoms with Crippen LogP contribution in [-0.4, -0.2) is 13.3 Å². The molecule has 0 aromatic heterocycles. The molecule has 0 aliphatic carbocycles. The Kier molecular flexibility index (Phi) is 4.73. The zero-order valence-corrected chi connectivity index (χ0v) is 11.4. The minimum Gasteiger partial charge on any atom is -0.497 e. The second-order valence-corrected chi connectivity index (χ2v) is 4.39. The average molecular weight is 253 g/mol. The average Bonchev–Trinajstić information content (AvgIpc) is 2.49. The van der Waals surface area contributed by atoms with E-state index in [9.17, 15) is 0 Å². The summed E-state index contributed by atoms with van der Waals surface area (Å²) in [6, 6.07) is 18.5. The number of rotatable bonds is 5. The van der Waals surface area contributed by atoms with Crippen LogP contribution in [0.5, 0.6) is 5.75 Å². The molecular formula is C17H19NO. The van der Waals surface area contributed by atoms with Crippen LogP contribution in [0.15, 0.2) is 59.6 Å². The lowest BCUT2D eigenvalue weighted by atomic mass is 10.1. The van der Waals surface area contributed by atoms with E-state index in [4.69, 9.17) is 4.74 Å². The van der Waals surface area contributed by atoms with Crippen LogP contribution < -0.4 is 4.74 Å². The van der Waals surface area contributed by atoms with Crippen molar-refractivity contribution in [2.75, 3.05) is 7.11 Å². The molecule has 2 rings (SSSR count). The summed E-state index contributed by atoms with van der Waals surface area (Å²) in [4.78, 5) is 4.67. The maximum Gasteiger partial charge on any atom is 0.118 e. The van der Waals surface area contributed by atoms with Crippen LogP contribution in [-0.2, 0) is 0 Å². The molecule has 0 N–H and O–H groups in total. The van der Waals surface area contributed by atoms with Crippen LogP contribution >= 0.6 is 0 Å². The molecule has 0 amide bonds. The van der Waals surface area contributed by atoms with Crippen molar-refractivity contribution in [3.63, 3.8) is 0 Å². The number of hydrogen-bond acceptors (Lipinski definition) is 2. The molecule has 0 saturated carbocycles. The summed E-state index contributed by atoms with van der Waals surface area (Å²) in [7, 11) is 1.67. The lowest BCUT2D eigenvalue weighted by Gasteiger charge is -2.09.